The molecule has 1 N–H and O–H groups in total. The molecule has 6 rings (SSSR count). The van der Waals surface area contributed by atoms with Crippen molar-refractivity contribution in [1.29, 1.82) is 0 Å². The Labute approximate surface area is 237 Å². The predicted octanol–water partition coefficient (Wildman–Crippen LogP) is 4.71. The van der Waals surface area contributed by atoms with Gasteiger partial charge in [-0.05, 0) is 55.7 Å². The van der Waals surface area contributed by atoms with E-state index in [1.165, 1.54) is 0 Å². The molecule has 208 valence electrons. The van der Waals surface area contributed by atoms with Gasteiger partial charge < -0.3 is 18.8 Å². The van der Waals surface area contributed by atoms with Crippen LogP contribution in [0.3, 0.4) is 0 Å². The highest BCUT2D eigenvalue weighted by molar-refractivity contribution is 7.13. The number of nitrogens with one attached hydrogen (secondary N) is 1. The SMILES string of the molecule is CCn1cc(C(=O)N/N=C2\CCc3cc(OC)c(OC)cc32)c2cc(-c3nc(CN4CCOCC4)cs3)ccc21. The highest BCUT2D eigenvalue weighted by Crippen LogP contribution is 2.35. The zero-order valence-electron chi connectivity index (χ0n) is 23.0. The number of fused-ring (bicyclic) bond motifs is 2. The van der Waals surface area contributed by atoms with Gasteiger partial charge in [-0.15, -0.1) is 11.3 Å². The van der Waals surface area contributed by atoms with Crippen LogP contribution in [0.15, 0.2) is 47.0 Å². The summed E-state index contributed by atoms with van der Waals surface area (Å²) in [5.41, 5.74) is 9.44. The van der Waals surface area contributed by atoms with Crippen LogP contribution >= 0.6 is 11.3 Å². The van der Waals surface area contributed by atoms with E-state index >= 15 is 0 Å². The van der Waals surface area contributed by atoms with Gasteiger partial charge in [0.2, 0.25) is 0 Å². The molecule has 2 aromatic heterocycles. The Morgan fingerprint density at radius 3 is 2.70 bits per heavy atom. The number of aromatic nitrogens is 2. The summed E-state index contributed by atoms with van der Waals surface area (Å²) in [4.78, 5) is 20.7. The molecule has 40 heavy (non-hydrogen) atoms. The molecule has 10 heteroatoms. The number of hydrogen-bond donors (Lipinski definition) is 1. The van der Waals surface area contributed by atoms with Crippen LogP contribution < -0.4 is 14.9 Å². The summed E-state index contributed by atoms with van der Waals surface area (Å²) in [6.07, 6.45) is 3.49. The highest BCUT2D eigenvalue weighted by Gasteiger charge is 2.23. The van der Waals surface area contributed by atoms with Crippen LogP contribution in [-0.4, -0.2) is 66.6 Å². The maximum absolute atomic E-state index is 13.4. The van der Waals surface area contributed by atoms with Crippen LogP contribution in [0.1, 0.15) is 40.5 Å². The van der Waals surface area contributed by atoms with Crippen LogP contribution in [0.5, 0.6) is 11.5 Å². The van der Waals surface area contributed by atoms with Gasteiger partial charge in [-0.1, -0.05) is 0 Å². The zero-order chi connectivity index (χ0) is 27.6. The summed E-state index contributed by atoms with van der Waals surface area (Å²) >= 11 is 1.64. The lowest BCUT2D eigenvalue weighted by Gasteiger charge is -2.25. The number of hydrazone groups is 1. The van der Waals surface area contributed by atoms with Gasteiger partial charge in [0.05, 0.1) is 44.4 Å². The summed E-state index contributed by atoms with van der Waals surface area (Å²) in [7, 11) is 3.25. The number of methoxy groups -OCH3 is 2. The van der Waals surface area contributed by atoms with Crippen molar-refractivity contribution in [3.63, 3.8) is 0 Å². The summed E-state index contributed by atoms with van der Waals surface area (Å²) in [5, 5.41) is 8.51. The topological polar surface area (TPSA) is 90.2 Å². The Hall–Kier alpha value is -3.73. The van der Waals surface area contributed by atoms with E-state index in [1.807, 2.05) is 18.3 Å². The second-order valence-electron chi connectivity index (χ2n) is 9.96. The minimum atomic E-state index is -0.233. The molecule has 1 aliphatic carbocycles. The number of ether oxygens (including phenoxy) is 3. The van der Waals surface area contributed by atoms with Crippen molar-refractivity contribution in [2.75, 3.05) is 40.5 Å². The Bertz CT molecular complexity index is 1580. The molecule has 1 saturated heterocycles. The Morgan fingerprint density at radius 1 is 1.12 bits per heavy atom. The van der Waals surface area contributed by atoms with E-state index in [-0.39, 0.29) is 5.91 Å². The number of morpholine rings is 1. The fourth-order valence-corrected chi connectivity index (χ4v) is 6.26. The average molecular weight is 560 g/mol. The third kappa shape index (κ3) is 5.10. The van der Waals surface area contributed by atoms with Gasteiger partial charge in [-0.3, -0.25) is 9.69 Å². The van der Waals surface area contributed by atoms with E-state index in [4.69, 9.17) is 19.2 Å². The maximum atomic E-state index is 13.4. The normalized spacial score (nSPS) is 16.4. The first kappa shape index (κ1) is 26.5. The molecule has 0 unspecified atom stereocenters. The van der Waals surface area contributed by atoms with Gasteiger partial charge >= 0.3 is 0 Å². The van der Waals surface area contributed by atoms with Crippen LogP contribution in [0, 0.1) is 0 Å². The second-order valence-corrected chi connectivity index (χ2v) is 10.8. The first-order chi connectivity index (χ1) is 19.6. The van der Waals surface area contributed by atoms with Gasteiger partial charge in [0.15, 0.2) is 11.5 Å². The molecule has 0 atom stereocenters. The molecule has 4 aromatic rings. The van der Waals surface area contributed by atoms with Gasteiger partial charge in [-0.2, -0.15) is 5.10 Å². The van der Waals surface area contributed by atoms with Gasteiger partial charge in [0.1, 0.15) is 5.01 Å². The van der Waals surface area contributed by atoms with Crippen LogP contribution in [0.4, 0.5) is 0 Å². The minimum Gasteiger partial charge on any atom is -0.493 e. The molecule has 0 saturated carbocycles. The summed E-state index contributed by atoms with van der Waals surface area (Å²) in [6, 6.07) is 10.2. The lowest BCUT2D eigenvalue weighted by Crippen LogP contribution is -2.35. The van der Waals surface area contributed by atoms with Crippen LogP contribution in [0.2, 0.25) is 0 Å². The number of aryl methyl sites for hydroxylation is 2. The summed E-state index contributed by atoms with van der Waals surface area (Å²) < 4.78 is 18.5. The van der Waals surface area contributed by atoms with Gasteiger partial charge in [-0.25, -0.2) is 10.4 Å². The van der Waals surface area contributed by atoms with E-state index in [0.717, 1.165) is 96.2 Å². The molecule has 2 aromatic carbocycles. The van der Waals surface area contributed by atoms with Crippen LogP contribution in [-0.2, 0) is 24.2 Å². The number of thiazole rings is 1. The fourth-order valence-electron chi connectivity index (χ4n) is 5.45. The Balaban J connectivity index is 1.25. The standard InChI is InChI=1S/C30H33N5O4S/c1-4-35-17-24(29(36)33-32-25-7-5-19-14-27(37-2)28(38-3)15-22(19)25)23-13-20(6-8-26(23)35)30-31-21(18-40-30)16-34-9-11-39-12-10-34/h6,8,13-15,17-18H,4-5,7,9-12,16H2,1-3H3,(H,33,36)/b32-25+. The number of carbonyl (C=O) groups is 1. The number of amides is 1. The Morgan fingerprint density at radius 2 is 1.93 bits per heavy atom. The Kier molecular flexibility index (Phi) is 7.55. The van der Waals surface area contributed by atoms with Crippen LogP contribution in [0.25, 0.3) is 21.5 Å². The highest BCUT2D eigenvalue weighted by atomic mass is 32.1. The van der Waals surface area contributed by atoms with Crippen molar-refractivity contribution in [3.05, 3.63) is 64.3 Å². The smallest absolute Gasteiger partial charge is 0.273 e. The summed E-state index contributed by atoms with van der Waals surface area (Å²) in [6.45, 7) is 7.06. The molecule has 0 radical (unpaired) electrons. The number of benzene rings is 2. The van der Waals surface area contributed by atoms with Crippen molar-refractivity contribution in [2.24, 2.45) is 5.10 Å². The first-order valence-electron chi connectivity index (χ1n) is 13.6. The van der Waals surface area contributed by atoms with Gasteiger partial charge in [0.25, 0.3) is 5.91 Å². The largest absolute Gasteiger partial charge is 0.493 e. The van der Waals surface area contributed by atoms with Crippen molar-refractivity contribution >= 4 is 33.9 Å². The third-order valence-corrected chi connectivity index (χ3v) is 8.54. The number of hydrogen-bond acceptors (Lipinski definition) is 8. The first-order valence-corrected chi connectivity index (χ1v) is 14.5. The third-order valence-electron chi connectivity index (χ3n) is 7.60. The summed E-state index contributed by atoms with van der Waals surface area (Å²) in [5.74, 6) is 1.11. The van der Waals surface area contributed by atoms with Crippen molar-refractivity contribution in [1.82, 2.24) is 19.9 Å². The number of carbonyl (C=O) groups excluding carboxylic acids is 1. The van der Waals surface area contributed by atoms with Crippen molar-refractivity contribution < 1.29 is 19.0 Å². The molecule has 0 bridgehead atoms. The van der Waals surface area contributed by atoms with E-state index in [2.05, 4.69) is 50.5 Å². The van der Waals surface area contributed by atoms with E-state index < -0.39 is 0 Å². The fraction of sp³-hybridized carbons (Fsp3) is 0.367. The number of nitrogens with zero attached hydrogens (tertiary/aromatic N) is 4. The molecule has 2 aliphatic rings. The van der Waals surface area contributed by atoms with E-state index in [9.17, 15) is 4.79 Å². The second kappa shape index (κ2) is 11.4. The lowest BCUT2D eigenvalue weighted by molar-refractivity contribution is 0.0337. The molecular weight excluding hydrogens is 526 g/mol. The lowest BCUT2D eigenvalue weighted by atomic mass is 10.1. The minimum absolute atomic E-state index is 0.233. The van der Waals surface area contributed by atoms with E-state index in [1.54, 1.807) is 25.6 Å². The van der Waals surface area contributed by atoms with Crippen molar-refractivity contribution in [2.45, 2.75) is 32.9 Å². The molecule has 0 spiro atoms. The van der Waals surface area contributed by atoms with Gasteiger partial charge in [0, 0.05) is 59.8 Å². The van der Waals surface area contributed by atoms with E-state index in [0.29, 0.717) is 17.1 Å². The molecule has 9 nitrogen and oxygen atoms in total. The quantitative estimate of drug-likeness (QED) is 0.315. The molecule has 1 amide bonds. The molecule has 3 heterocycles. The molecule has 1 fully saturated rings. The maximum Gasteiger partial charge on any atom is 0.273 e. The molecular formula is C30H33N5O4S. The monoisotopic (exact) mass is 559 g/mol. The zero-order valence-corrected chi connectivity index (χ0v) is 23.8. The average Bonchev–Trinajstić information content (AvgIpc) is 3.72. The van der Waals surface area contributed by atoms with Crippen molar-refractivity contribution in [3.8, 4) is 22.1 Å². The number of rotatable bonds is 8. The molecule has 1 aliphatic heterocycles. The predicted molar refractivity (Wildman–Crippen MR) is 157 cm³/mol.